The van der Waals surface area contributed by atoms with Crippen molar-refractivity contribution in [2.45, 2.75) is 27.7 Å². The van der Waals surface area contributed by atoms with Gasteiger partial charge in [-0.15, -0.1) is 11.3 Å². The highest BCUT2D eigenvalue weighted by Crippen LogP contribution is 2.27. The van der Waals surface area contributed by atoms with Gasteiger partial charge in [-0.05, 0) is 56.5 Å². The van der Waals surface area contributed by atoms with E-state index in [0.717, 1.165) is 22.5 Å². The molecule has 0 saturated heterocycles. The topological polar surface area (TPSA) is 59.3 Å². The van der Waals surface area contributed by atoms with E-state index < -0.39 is 0 Å². The standard InChI is InChI=1S/C21H20N4OS/c1-12-7-8-16(10-14(12)3)17-11-27-21(23-17)24-20(26)18-15(4)22-19-13(2)6-5-9-25(18)19/h5-11H,1-4H3,(H,23,24,26). The average molecular weight is 376 g/mol. The first kappa shape index (κ1) is 17.4. The number of benzene rings is 1. The van der Waals surface area contributed by atoms with Crippen molar-refractivity contribution >= 4 is 28.0 Å². The molecule has 4 aromatic rings. The van der Waals surface area contributed by atoms with Crippen molar-refractivity contribution in [3.63, 3.8) is 0 Å². The maximum absolute atomic E-state index is 12.9. The van der Waals surface area contributed by atoms with Crippen LogP contribution in [-0.2, 0) is 0 Å². The zero-order chi connectivity index (χ0) is 19.1. The highest BCUT2D eigenvalue weighted by Gasteiger charge is 2.18. The fraction of sp³-hybridized carbons (Fsp3) is 0.190. The lowest BCUT2D eigenvalue weighted by Gasteiger charge is -2.04. The summed E-state index contributed by atoms with van der Waals surface area (Å²) in [7, 11) is 0. The quantitative estimate of drug-likeness (QED) is 0.551. The maximum Gasteiger partial charge on any atom is 0.276 e. The van der Waals surface area contributed by atoms with Gasteiger partial charge in [0.05, 0.1) is 11.4 Å². The van der Waals surface area contributed by atoms with Crippen molar-refractivity contribution in [2.24, 2.45) is 0 Å². The summed E-state index contributed by atoms with van der Waals surface area (Å²) in [5.74, 6) is -0.202. The normalized spacial score (nSPS) is 11.1. The number of hydrogen-bond donors (Lipinski definition) is 1. The molecule has 0 bridgehead atoms. The molecule has 0 saturated carbocycles. The number of rotatable bonds is 3. The van der Waals surface area contributed by atoms with Crippen LogP contribution in [0.4, 0.5) is 5.13 Å². The van der Waals surface area contributed by atoms with E-state index in [9.17, 15) is 4.79 Å². The Hall–Kier alpha value is -2.99. The first-order valence-corrected chi connectivity index (χ1v) is 9.61. The molecule has 3 aromatic heterocycles. The summed E-state index contributed by atoms with van der Waals surface area (Å²) in [5.41, 5.74) is 7.47. The second kappa shape index (κ2) is 6.63. The van der Waals surface area contributed by atoms with Crippen LogP contribution in [0, 0.1) is 27.7 Å². The van der Waals surface area contributed by atoms with Crippen LogP contribution in [0.25, 0.3) is 16.9 Å². The fourth-order valence-corrected chi connectivity index (χ4v) is 3.83. The van der Waals surface area contributed by atoms with Crippen molar-refractivity contribution in [3.05, 3.63) is 70.0 Å². The number of aryl methyl sites for hydroxylation is 4. The molecule has 0 radical (unpaired) electrons. The molecule has 1 aromatic carbocycles. The zero-order valence-corrected chi connectivity index (χ0v) is 16.5. The molecule has 136 valence electrons. The predicted octanol–water partition coefficient (Wildman–Crippen LogP) is 4.94. The van der Waals surface area contributed by atoms with Crippen molar-refractivity contribution in [1.82, 2.24) is 14.4 Å². The molecule has 27 heavy (non-hydrogen) atoms. The largest absolute Gasteiger partial charge is 0.296 e. The number of pyridine rings is 1. The van der Waals surface area contributed by atoms with Gasteiger partial charge in [0.2, 0.25) is 0 Å². The molecule has 5 nitrogen and oxygen atoms in total. The molecule has 0 aliphatic heterocycles. The first-order chi connectivity index (χ1) is 12.9. The van der Waals surface area contributed by atoms with Gasteiger partial charge in [-0.2, -0.15) is 0 Å². The van der Waals surface area contributed by atoms with E-state index in [0.29, 0.717) is 16.5 Å². The summed E-state index contributed by atoms with van der Waals surface area (Å²) in [4.78, 5) is 22.0. The smallest absolute Gasteiger partial charge is 0.276 e. The Labute approximate surface area is 161 Å². The summed E-state index contributed by atoms with van der Waals surface area (Å²) >= 11 is 1.42. The molecule has 0 atom stereocenters. The molecular formula is C21H20N4OS. The molecule has 0 aliphatic carbocycles. The number of nitrogens with zero attached hydrogens (tertiary/aromatic N) is 3. The van der Waals surface area contributed by atoms with Gasteiger partial charge in [-0.25, -0.2) is 9.97 Å². The van der Waals surface area contributed by atoms with Crippen LogP contribution in [0.1, 0.15) is 32.9 Å². The van der Waals surface area contributed by atoms with Gasteiger partial charge in [0.15, 0.2) is 5.13 Å². The Morgan fingerprint density at radius 3 is 2.63 bits per heavy atom. The van der Waals surface area contributed by atoms with E-state index in [-0.39, 0.29) is 5.91 Å². The van der Waals surface area contributed by atoms with Crippen LogP contribution in [0.15, 0.2) is 41.9 Å². The third kappa shape index (κ3) is 3.13. The lowest BCUT2D eigenvalue weighted by atomic mass is 10.1. The number of carbonyl (C=O) groups is 1. The van der Waals surface area contributed by atoms with E-state index >= 15 is 0 Å². The van der Waals surface area contributed by atoms with E-state index in [1.807, 2.05) is 42.0 Å². The van der Waals surface area contributed by atoms with Crippen LogP contribution in [0.3, 0.4) is 0 Å². The van der Waals surface area contributed by atoms with Crippen LogP contribution in [0.5, 0.6) is 0 Å². The van der Waals surface area contributed by atoms with Crippen LogP contribution in [-0.4, -0.2) is 20.3 Å². The number of amides is 1. The van der Waals surface area contributed by atoms with E-state index in [1.165, 1.54) is 22.5 Å². The van der Waals surface area contributed by atoms with Gasteiger partial charge in [0, 0.05) is 17.1 Å². The van der Waals surface area contributed by atoms with Crippen molar-refractivity contribution in [1.29, 1.82) is 0 Å². The van der Waals surface area contributed by atoms with Crippen LogP contribution < -0.4 is 5.32 Å². The van der Waals surface area contributed by atoms with Gasteiger partial charge in [0.25, 0.3) is 5.91 Å². The van der Waals surface area contributed by atoms with E-state index in [1.54, 1.807) is 0 Å². The third-order valence-corrected chi connectivity index (χ3v) is 5.52. The average Bonchev–Trinajstić information content (AvgIpc) is 3.22. The van der Waals surface area contributed by atoms with Gasteiger partial charge < -0.3 is 0 Å². The van der Waals surface area contributed by atoms with Gasteiger partial charge >= 0.3 is 0 Å². The molecule has 6 heteroatoms. The Morgan fingerprint density at radius 1 is 1.04 bits per heavy atom. The molecule has 1 amide bonds. The highest BCUT2D eigenvalue weighted by atomic mass is 32.1. The minimum atomic E-state index is -0.202. The van der Waals surface area contributed by atoms with Crippen LogP contribution >= 0.6 is 11.3 Å². The summed E-state index contributed by atoms with van der Waals surface area (Å²) < 4.78 is 1.83. The molecule has 1 N–H and O–H groups in total. The van der Waals surface area contributed by atoms with Gasteiger partial charge in [-0.1, -0.05) is 18.2 Å². The zero-order valence-electron chi connectivity index (χ0n) is 15.7. The molecule has 0 fully saturated rings. The number of thiazole rings is 1. The summed E-state index contributed by atoms with van der Waals surface area (Å²) in [6, 6.07) is 10.2. The maximum atomic E-state index is 12.9. The first-order valence-electron chi connectivity index (χ1n) is 8.73. The molecule has 3 heterocycles. The molecule has 0 unspecified atom stereocenters. The minimum Gasteiger partial charge on any atom is -0.296 e. The number of imidazole rings is 1. The number of hydrogen-bond acceptors (Lipinski definition) is 4. The van der Waals surface area contributed by atoms with Crippen LogP contribution in [0.2, 0.25) is 0 Å². The third-order valence-electron chi connectivity index (χ3n) is 4.76. The van der Waals surface area contributed by atoms with Gasteiger partial charge in [0.1, 0.15) is 11.3 Å². The Kier molecular flexibility index (Phi) is 4.28. The van der Waals surface area contributed by atoms with Crippen molar-refractivity contribution in [3.8, 4) is 11.3 Å². The lowest BCUT2D eigenvalue weighted by Crippen LogP contribution is -2.15. The number of nitrogens with one attached hydrogen (secondary N) is 1. The fourth-order valence-electron chi connectivity index (χ4n) is 3.11. The summed E-state index contributed by atoms with van der Waals surface area (Å²) in [5, 5.41) is 5.46. The predicted molar refractivity (Wildman–Crippen MR) is 110 cm³/mol. The SMILES string of the molecule is Cc1ccc(-c2csc(NC(=O)c3c(C)nc4c(C)cccn34)n2)cc1C. The second-order valence-corrected chi connectivity index (χ2v) is 7.58. The molecule has 0 aliphatic rings. The number of carbonyl (C=O) groups excluding carboxylic acids is 1. The number of fused-ring (bicyclic) bond motifs is 1. The Bertz CT molecular complexity index is 1170. The van der Waals surface area contributed by atoms with Crippen molar-refractivity contribution in [2.75, 3.05) is 5.32 Å². The van der Waals surface area contributed by atoms with Gasteiger partial charge in [-0.3, -0.25) is 14.5 Å². The Morgan fingerprint density at radius 2 is 1.85 bits per heavy atom. The minimum absolute atomic E-state index is 0.202. The lowest BCUT2D eigenvalue weighted by molar-refractivity contribution is 0.102. The van der Waals surface area contributed by atoms with E-state index in [4.69, 9.17) is 0 Å². The monoisotopic (exact) mass is 376 g/mol. The second-order valence-electron chi connectivity index (χ2n) is 6.72. The number of anilines is 1. The summed E-state index contributed by atoms with van der Waals surface area (Å²) in [6.07, 6.45) is 1.86. The van der Waals surface area contributed by atoms with Crippen molar-refractivity contribution < 1.29 is 4.79 Å². The highest BCUT2D eigenvalue weighted by molar-refractivity contribution is 7.14. The molecule has 0 spiro atoms. The molecular weight excluding hydrogens is 356 g/mol. The molecule has 4 rings (SSSR count). The number of aromatic nitrogens is 3. The summed E-state index contributed by atoms with van der Waals surface area (Å²) in [6.45, 7) is 8.01. The Balaban J connectivity index is 1.63. The van der Waals surface area contributed by atoms with E-state index in [2.05, 4.69) is 47.3 Å².